The number of hydrogen-bond acceptors (Lipinski definition) is 2. The number of nitrogens with one attached hydrogen (secondary N) is 1. The molecule has 0 spiro atoms. The van der Waals surface area contributed by atoms with Gasteiger partial charge in [0, 0.05) is 18.8 Å². The highest BCUT2D eigenvalue weighted by Crippen LogP contribution is 2.32. The summed E-state index contributed by atoms with van der Waals surface area (Å²) >= 11 is 0. The quantitative estimate of drug-likeness (QED) is 0.890. The summed E-state index contributed by atoms with van der Waals surface area (Å²) < 4.78 is 28.8. The Balaban J connectivity index is 2.51. The van der Waals surface area contributed by atoms with Crippen molar-refractivity contribution in [3.05, 3.63) is 59.2 Å². The molecule has 0 saturated carbocycles. The van der Waals surface area contributed by atoms with Gasteiger partial charge in [-0.3, -0.25) is 0 Å². The first-order valence-electron chi connectivity index (χ1n) is 7.04. The summed E-state index contributed by atoms with van der Waals surface area (Å²) in [6.45, 7) is 4.74. The smallest absolute Gasteiger partial charge is 0.150 e. The van der Waals surface area contributed by atoms with Gasteiger partial charge in [-0.05, 0) is 50.2 Å². The van der Waals surface area contributed by atoms with Crippen molar-refractivity contribution in [3.63, 3.8) is 0 Å². The zero-order chi connectivity index (χ0) is 15.4. The molecule has 21 heavy (non-hydrogen) atoms. The Bertz CT molecular complexity index is 603. The van der Waals surface area contributed by atoms with Gasteiger partial charge in [0.1, 0.15) is 17.3 Å². The SMILES string of the molecule is CCN(c1ccccc1C)c1c(F)cc(CNC)cc1F. The minimum absolute atomic E-state index is 0.00616. The van der Waals surface area contributed by atoms with E-state index in [1.807, 2.05) is 38.1 Å². The third-order valence-electron chi connectivity index (χ3n) is 3.45. The summed E-state index contributed by atoms with van der Waals surface area (Å²) in [7, 11) is 1.75. The number of anilines is 2. The predicted octanol–water partition coefficient (Wildman–Crippen LogP) is 4.15. The summed E-state index contributed by atoms with van der Waals surface area (Å²) in [5.41, 5.74) is 2.40. The lowest BCUT2D eigenvalue weighted by Gasteiger charge is -2.26. The van der Waals surface area contributed by atoms with E-state index in [1.165, 1.54) is 12.1 Å². The monoisotopic (exact) mass is 290 g/mol. The molecule has 1 N–H and O–H groups in total. The Morgan fingerprint density at radius 2 is 1.71 bits per heavy atom. The molecule has 2 nitrogen and oxygen atoms in total. The summed E-state index contributed by atoms with van der Waals surface area (Å²) in [5, 5.41) is 2.89. The van der Waals surface area contributed by atoms with E-state index in [2.05, 4.69) is 5.32 Å². The normalized spacial score (nSPS) is 10.7. The van der Waals surface area contributed by atoms with Crippen molar-refractivity contribution in [2.45, 2.75) is 20.4 Å². The number of aryl methyl sites for hydroxylation is 1. The fourth-order valence-corrected chi connectivity index (χ4v) is 2.50. The van der Waals surface area contributed by atoms with E-state index in [9.17, 15) is 8.78 Å². The molecule has 0 atom stereocenters. The maximum atomic E-state index is 14.4. The molecule has 0 saturated heterocycles. The minimum atomic E-state index is -0.537. The maximum absolute atomic E-state index is 14.4. The van der Waals surface area contributed by atoms with Crippen molar-refractivity contribution in [1.29, 1.82) is 0 Å². The largest absolute Gasteiger partial charge is 0.337 e. The molecule has 2 aromatic carbocycles. The van der Waals surface area contributed by atoms with Crippen LogP contribution in [0.3, 0.4) is 0 Å². The van der Waals surface area contributed by atoms with Crippen LogP contribution in [0.25, 0.3) is 0 Å². The highest BCUT2D eigenvalue weighted by atomic mass is 19.1. The molecule has 0 amide bonds. The number of para-hydroxylation sites is 1. The highest BCUT2D eigenvalue weighted by Gasteiger charge is 2.19. The molecule has 0 aromatic heterocycles. The summed E-state index contributed by atoms with van der Waals surface area (Å²) in [4.78, 5) is 1.67. The van der Waals surface area contributed by atoms with E-state index < -0.39 is 11.6 Å². The Morgan fingerprint density at radius 3 is 2.24 bits per heavy atom. The van der Waals surface area contributed by atoms with Crippen LogP contribution in [-0.4, -0.2) is 13.6 Å². The number of nitrogens with zero attached hydrogens (tertiary/aromatic N) is 1. The van der Waals surface area contributed by atoms with Crippen molar-refractivity contribution < 1.29 is 8.78 Å². The van der Waals surface area contributed by atoms with Crippen LogP contribution in [0.2, 0.25) is 0 Å². The molecule has 0 heterocycles. The van der Waals surface area contributed by atoms with E-state index in [-0.39, 0.29) is 5.69 Å². The number of benzene rings is 2. The first-order valence-corrected chi connectivity index (χ1v) is 7.04. The summed E-state index contributed by atoms with van der Waals surface area (Å²) in [5.74, 6) is -1.07. The van der Waals surface area contributed by atoms with Crippen LogP contribution in [0.4, 0.5) is 20.2 Å². The zero-order valence-electron chi connectivity index (χ0n) is 12.6. The molecule has 0 bridgehead atoms. The number of halogens is 2. The number of rotatable bonds is 5. The van der Waals surface area contributed by atoms with Gasteiger partial charge in [-0.1, -0.05) is 18.2 Å². The van der Waals surface area contributed by atoms with Crippen molar-refractivity contribution in [1.82, 2.24) is 5.32 Å². The van der Waals surface area contributed by atoms with Gasteiger partial charge in [-0.2, -0.15) is 0 Å². The van der Waals surface area contributed by atoms with E-state index in [1.54, 1.807) is 11.9 Å². The zero-order valence-corrected chi connectivity index (χ0v) is 12.6. The average Bonchev–Trinajstić information content (AvgIpc) is 2.44. The second kappa shape index (κ2) is 6.68. The van der Waals surface area contributed by atoms with Crippen molar-refractivity contribution in [2.75, 3.05) is 18.5 Å². The van der Waals surface area contributed by atoms with Crippen LogP contribution < -0.4 is 10.2 Å². The lowest BCUT2D eigenvalue weighted by Crippen LogP contribution is -2.20. The van der Waals surface area contributed by atoms with Crippen LogP contribution in [-0.2, 0) is 6.54 Å². The first-order chi connectivity index (χ1) is 10.1. The van der Waals surface area contributed by atoms with Crippen molar-refractivity contribution in [2.24, 2.45) is 0 Å². The average molecular weight is 290 g/mol. The first kappa shape index (κ1) is 15.4. The van der Waals surface area contributed by atoms with Crippen LogP contribution in [0.1, 0.15) is 18.1 Å². The standard InChI is InChI=1S/C17H20F2N2/c1-4-21(16-8-6-5-7-12(16)2)17-14(18)9-13(11-20-3)10-15(17)19/h5-10,20H,4,11H2,1-3H3. The lowest BCUT2D eigenvalue weighted by molar-refractivity contribution is 0.576. The number of hydrogen-bond donors (Lipinski definition) is 1. The van der Waals surface area contributed by atoms with E-state index in [0.717, 1.165) is 11.3 Å². The van der Waals surface area contributed by atoms with Crippen molar-refractivity contribution in [3.8, 4) is 0 Å². The molecule has 0 unspecified atom stereocenters. The van der Waals surface area contributed by atoms with E-state index >= 15 is 0 Å². The van der Waals surface area contributed by atoms with Gasteiger partial charge in [0.25, 0.3) is 0 Å². The molecule has 0 aliphatic heterocycles. The van der Waals surface area contributed by atoms with E-state index in [4.69, 9.17) is 0 Å². The Kier molecular flexibility index (Phi) is 4.91. The molecule has 0 radical (unpaired) electrons. The van der Waals surface area contributed by atoms with Gasteiger partial charge < -0.3 is 10.2 Å². The van der Waals surface area contributed by atoms with Gasteiger partial charge in [0.2, 0.25) is 0 Å². The fourth-order valence-electron chi connectivity index (χ4n) is 2.50. The molecule has 0 aliphatic carbocycles. The molecule has 2 aromatic rings. The van der Waals surface area contributed by atoms with Crippen LogP contribution in [0.5, 0.6) is 0 Å². The molecule has 0 fully saturated rings. The fraction of sp³-hybridized carbons (Fsp3) is 0.294. The van der Waals surface area contributed by atoms with Crippen LogP contribution >= 0.6 is 0 Å². The van der Waals surface area contributed by atoms with Gasteiger partial charge in [0.05, 0.1) is 0 Å². The van der Waals surface area contributed by atoms with Crippen LogP contribution in [0, 0.1) is 18.6 Å². The predicted molar refractivity (Wildman–Crippen MR) is 83.0 cm³/mol. The molecule has 112 valence electrons. The van der Waals surface area contributed by atoms with Gasteiger partial charge in [-0.15, -0.1) is 0 Å². The van der Waals surface area contributed by atoms with E-state index in [0.29, 0.717) is 18.7 Å². The third-order valence-corrected chi connectivity index (χ3v) is 3.45. The minimum Gasteiger partial charge on any atom is -0.337 e. The second-order valence-corrected chi connectivity index (χ2v) is 4.97. The maximum Gasteiger partial charge on any atom is 0.150 e. The summed E-state index contributed by atoms with van der Waals surface area (Å²) in [6.07, 6.45) is 0. The van der Waals surface area contributed by atoms with Gasteiger partial charge >= 0.3 is 0 Å². The van der Waals surface area contributed by atoms with Crippen molar-refractivity contribution >= 4 is 11.4 Å². The van der Waals surface area contributed by atoms with Crippen LogP contribution in [0.15, 0.2) is 36.4 Å². The lowest BCUT2D eigenvalue weighted by atomic mass is 10.1. The molecule has 4 heteroatoms. The molecular formula is C17H20F2N2. The van der Waals surface area contributed by atoms with Gasteiger partial charge in [-0.25, -0.2) is 8.78 Å². The Hall–Kier alpha value is -1.94. The third kappa shape index (κ3) is 3.22. The summed E-state index contributed by atoms with van der Waals surface area (Å²) in [6, 6.07) is 10.4. The Labute approximate surface area is 124 Å². The second-order valence-electron chi connectivity index (χ2n) is 4.97. The Morgan fingerprint density at radius 1 is 1.10 bits per heavy atom. The molecule has 0 aliphatic rings. The highest BCUT2D eigenvalue weighted by molar-refractivity contribution is 5.67. The molecular weight excluding hydrogens is 270 g/mol. The topological polar surface area (TPSA) is 15.3 Å². The van der Waals surface area contributed by atoms with Gasteiger partial charge in [0.15, 0.2) is 0 Å². The molecule has 2 rings (SSSR count).